The molecule has 7 aromatic heterocycles. The summed E-state index contributed by atoms with van der Waals surface area (Å²) in [5, 5.41) is 11.6. The van der Waals surface area contributed by atoms with Gasteiger partial charge in [0, 0.05) is 87.2 Å². The number of nitrogens with one attached hydrogen (secondary N) is 4. The molecule has 0 saturated carbocycles. The minimum atomic E-state index is 0.137. The largest absolute Gasteiger partial charge is 0.366 e. The fourth-order valence-corrected chi connectivity index (χ4v) is 9.39. The molecule has 1 atom stereocenters. The highest BCUT2D eigenvalue weighted by molar-refractivity contribution is 6.12. The topological polar surface area (TPSA) is 121 Å². The third kappa shape index (κ3) is 5.74. The Hall–Kier alpha value is -8.70. The van der Waals surface area contributed by atoms with Gasteiger partial charge in [-0.3, -0.25) is 4.57 Å². The van der Waals surface area contributed by atoms with Crippen LogP contribution < -0.4 is 10.6 Å². The minimum Gasteiger partial charge on any atom is -0.366 e. The molecular weight excluding hydrogens is 779 g/mol. The molecule has 0 amide bonds. The first-order chi connectivity index (χ1) is 31.2. The van der Waals surface area contributed by atoms with E-state index in [1.165, 1.54) is 5.56 Å². The van der Waals surface area contributed by atoms with E-state index in [1.807, 2.05) is 47.4 Å². The number of rotatable bonds is 10. The van der Waals surface area contributed by atoms with Crippen LogP contribution in [0.2, 0.25) is 0 Å². The molecule has 7 heterocycles. The summed E-state index contributed by atoms with van der Waals surface area (Å²) in [5.74, 6) is 1.64. The predicted molar refractivity (Wildman–Crippen MR) is 252 cm³/mol. The van der Waals surface area contributed by atoms with Crippen molar-refractivity contribution < 1.29 is 0 Å². The summed E-state index contributed by atoms with van der Waals surface area (Å²) >= 11 is 0. The third-order valence-corrected chi connectivity index (χ3v) is 12.2. The Morgan fingerprint density at radius 1 is 0.556 bits per heavy atom. The number of anilines is 3. The van der Waals surface area contributed by atoms with Crippen LogP contribution in [0.4, 0.5) is 17.1 Å². The van der Waals surface area contributed by atoms with Crippen LogP contribution >= 0.6 is 0 Å². The molecule has 1 unspecified atom stereocenters. The van der Waals surface area contributed by atoms with E-state index in [4.69, 9.17) is 19.9 Å². The van der Waals surface area contributed by atoms with Gasteiger partial charge < -0.3 is 25.2 Å². The average molecular weight is 816 g/mol. The standard InChI is InChI=1S/C52H37N11/c1-3-11-32(12-4-1)25-33-26-41(43(27-33)55-34-21-23-53-28-34)47-39-19-20-40-48(42-30-61(36-13-5-2-6-14-36)31-44(42)56-35-22-24-54-29-35)58-51-60-52(59-50(57-47)63(51)49(39)40)62-45-17-9-7-15-37(45)38-16-8-10-18-46(38)62/h1-24,26-31,33,53-56H,25H2. The van der Waals surface area contributed by atoms with E-state index < -0.39 is 0 Å². The maximum atomic E-state index is 5.51. The van der Waals surface area contributed by atoms with E-state index in [2.05, 4.69) is 170 Å². The molecule has 300 valence electrons. The normalized spacial score (nSPS) is 14.1. The number of para-hydroxylation sites is 3. The third-order valence-electron chi connectivity index (χ3n) is 12.2. The first-order valence-electron chi connectivity index (χ1n) is 21.1. The number of hydrogen-bond acceptors (Lipinski definition) is 6. The van der Waals surface area contributed by atoms with Crippen molar-refractivity contribution in [2.75, 3.05) is 10.6 Å². The van der Waals surface area contributed by atoms with Gasteiger partial charge in [0.15, 0.2) is 0 Å². The number of aromatic nitrogens is 9. The maximum absolute atomic E-state index is 5.51. The zero-order valence-electron chi connectivity index (χ0n) is 33.7. The van der Waals surface area contributed by atoms with Gasteiger partial charge in [-0.2, -0.15) is 9.97 Å². The molecule has 5 aromatic carbocycles. The molecule has 12 aromatic rings. The fraction of sp³-hybridized carbons (Fsp3) is 0.0385. The van der Waals surface area contributed by atoms with Crippen molar-refractivity contribution in [3.63, 3.8) is 0 Å². The highest BCUT2D eigenvalue weighted by Crippen LogP contribution is 2.43. The Kier molecular flexibility index (Phi) is 7.76. The Bertz CT molecular complexity index is 3650. The van der Waals surface area contributed by atoms with Crippen molar-refractivity contribution in [2.45, 2.75) is 6.42 Å². The summed E-state index contributed by atoms with van der Waals surface area (Å²) in [6.07, 6.45) is 17.6. The molecule has 4 N–H and O–H groups in total. The Morgan fingerprint density at radius 3 is 1.86 bits per heavy atom. The van der Waals surface area contributed by atoms with Crippen molar-refractivity contribution in [1.29, 1.82) is 0 Å². The predicted octanol–water partition coefficient (Wildman–Crippen LogP) is 11.5. The summed E-state index contributed by atoms with van der Waals surface area (Å²) in [5.41, 5.74) is 12.7. The SMILES string of the molecule is C1=C(Nc2cc[nH]c2)C(c2nc3nc(-n4c5ccccc5c5ccccc54)nc4nc(-c5cn(-c6ccccc6)cc5Nc5cc[nH]c5)c5ccc2c5n34)=CC1Cc1ccccc1. The van der Waals surface area contributed by atoms with Crippen LogP contribution in [0.3, 0.4) is 0 Å². The van der Waals surface area contributed by atoms with E-state index >= 15 is 0 Å². The smallest absolute Gasteiger partial charge is 0.241 e. The van der Waals surface area contributed by atoms with Crippen LogP contribution in [0.5, 0.6) is 0 Å². The van der Waals surface area contributed by atoms with Crippen LogP contribution in [0.25, 0.3) is 78.1 Å². The van der Waals surface area contributed by atoms with E-state index in [1.54, 1.807) is 0 Å². The highest BCUT2D eigenvalue weighted by atomic mass is 15.3. The van der Waals surface area contributed by atoms with Crippen molar-refractivity contribution in [1.82, 2.24) is 43.4 Å². The van der Waals surface area contributed by atoms with Gasteiger partial charge in [0.25, 0.3) is 0 Å². The summed E-state index contributed by atoms with van der Waals surface area (Å²) in [7, 11) is 0. The van der Waals surface area contributed by atoms with Crippen LogP contribution in [0, 0.1) is 5.92 Å². The molecule has 11 heteroatoms. The lowest BCUT2D eigenvalue weighted by Gasteiger charge is -2.17. The lowest BCUT2D eigenvalue weighted by Crippen LogP contribution is -2.12. The van der Waals surface area contributed by atoms with Crippen molar-refractivity contribution in [2.24, 2.45) is 5.92 Å². The number of benzene rings is 4. The minimum absolute atomic E-state index is 0.137. The second-order valence-electron chi connectivity index (χ2n) is 16.1. The van der Waals surface area contributed by atoms with Gasteiger partial charge in [0.2, 0.25) is 17.5 Å². The average Bonchev–Trinajstić information content (AvgIpc) is 4.20. The second-order valence-corrected chi connectivity index (χ2v) is 16.1. The molecule has 0 aliphatic heterocycles. The summed E-state index contributed by atoms with van der Waals surface area (Å²) < 4.78 is 6.31. The Labute approximate surface area is 360 Å². The summed E-state index contributed by atoms with van der Waals surface area (Å²) in [6.45, 7) is 0. The lowest BCUT2D eigenvalue weighted by atomic mass is 10.0. The summed E-state index contributed by atoms with van der Waals surface area (Å²) in [4.78, 5) is 28.1. The highest BCUT2D eigenvalue weighted by Gasteiger charge is 2.28. The number of fused-ring (bicyclic) bond motifs is 3. The van der Waals surface area contributed by atoms with Crippen molar-refractivity contribution >= 4 is 72.3 Å². The zero-order valence-corrected chi connectivity index (χ0v) is 33.7. The first kappa shape index (κ1) is 35.1. The monoisotopic (exact) mass is 815 g/mol. The van der Waals surface area contributed by atoms with Gasteiger partial charge in [0.05, 0.1) is 45.0 Å². The Balaban J connectivity index is 1.09. The number of nitrogens with zero attached hydrogens (tertiary/aromatic N) is 7. The van der Waals surface area contributed by atoms with E-state index in [0.29, 0.717) is 17.5 Å². The number of allylic oxidation sites excluding steroid dienone is 3. The van der Waals surface area contributed by atoms with Gasteiger partial charge in [-0.15, -0.1) is 0 Å². The quantitative estimate of drug-likeness (QED) is 0.109. The van der Waals surface area contributed by atoms with Gasteiger partial charge in [-0.1, -0.05) is 97.1 Å². The summed E-state index contributed by atoms with van der Waals surface area (Å²) in [6, 6.07) is 46.2. The number of aromatic amines is 2. The molecule has 0 saturated heterocycles. The van der Waals surface area contributed by atoms with Crippen LogP contribution in [0.15, 0.2) is 188 Å². The van der Waals surface area contributed by atoms with E-state index in [-0.39, 0.29) is 5.92 Å². The van der Waals surface area contributed by atoms with Crippen LogP contribution in [-0.2, 0) is 6.42 Å². The van der Waals surface area contributed by atoms with E-state index in [9.17, 15) is 0 Å². The zero-order chi connectivity index (χ0) is 41.4. The molecular formula is C52H37N11. The van der Waals surface area contributed by atoms with Gasteiger partial charge in [0.1, 0.15) is 0 Å². The van der Waals surface area contributed by atoms with E-state index in [0.717, 1.165) is 95.5 Å². The maximum Gasteiger partial charge on any atom is 0.241 e. The lowest BCUT2D eigenvalue weighted by molar-refractivity contribution is 0.815. The molecule has 0 bridgehead atoms. The van der Waals surface area contributed by atoms with Crippen LogP contribution in [0.1, 0.15) is 11.3 Å². The first-order valence-corrected chi connectivity index (χ1v) is 21.1. The number of H-pyrrole nitrogens is 2. The van der Waals surface area contributed by atoms with Gasteiger partial charge in [-0.25, -0.2) is 14.4 Å². The molecule has 1 aliphatic carbocycles. The molecule has 11 nitrogen and oxygen atoms in total. The Morgan fingerprint density at radius 2 is 1.17 bits per heavy atom. The molecule has 1 aliphatic rings. The molecule has 13 rings (SSSR count). The van der Waals surface area contributed by atoms with Crippen molar-refractivity contribution in [3.05, 3.63) is 200 Å². The molecule has 0 spiro atoms. The van der Waals surface area contributed by atoms with Gasteiger partial charge in [-0.05, 0) is 60.5 Å². The second kappa shape index (κ2) is 13.9. The molecule has 0 fully saturated rings. The van der Waals surface area contributed by atoms with Crippen molar-refractivity contribution in [3.8, 4) is 22.9 Å². The molecule has 63 heavy (non-hydrogen) atoms. The van der Waals surface area contributed by atoms with Crippen LogP contribution in [-0.4, -0.2) is 43.4 Å². The van der Waals surface area contributed by atoms with Gasteiger partial charge >= 0.3 is 0 Å². The fourth-order valence-electron chi connectivity index (χ4n) is 9.39. The molecule has 0 radical (unpaired) electrons. The number of hydrogen-bond donors (Lipinski definition) is 4.